The number of amides is 2. The van der Waals surface area contributed by atoms with Crippen LogP contribution in [0.1, 0.15) is 12.2 Å². The van der Waals surface area contributed by atoms with Crippen LogP contribution >= 0.6 is 15.9 Å². The summed E-state index contributed by atoms with van der Waals surface area (Å²) in [5.74, 6) is 0.315. The minimum absolute atomic E-state index is 0.00245. The number of halogens is 1. The molecule has 110 valence electrons. The quantitative estimate of drug-likeness (QED) is 0.857. The van der Waals surface area contributed by atoms with E-state index < -0.39 is 0 Å². The second-order valence-corrected chi connectivity index (χ2v) is 5.86. The first-order valence-electron chi connectivity index (χ1n) is 6.45. The van der Waals surface area contributed by atoms with E-state index in [-0.39, 0.29) is 17.7 Å². The minimum Gasteiger partial charge on any atom is -0.452 e. The number of carbonyl (C=O) groups is 2. The number of likely N-dealkylation sites (tertiary alicyclic amines) is 1. The van der Waals surface area contributed by atoms with Gasteiger partial charge in [-0.2, -0.15) is 0 Å². The predicted octanol–water partition coefficient (Wildman–Crippen LogP) is 0.808. The fourth-order valence-corrected chi connectivity index (χ4v) is 2.62. The Morgan fingerprint density at radius 2 is 2.30 bits per heavy atom. The lowest BCUT2D eigenvalue weighted by molar-refractivity contribution is -0.132. The predicted molar refractivity (Wildman–Crippen MR) is 76.6 cm³/mol. The van der Waals surface area contributed by atoms with Crippen LogP contribution in [0.5, 0.6) is 0 Å². The Labute approximate surface area is 126 Å². The normalized spacial score (nSPS) is 19.2. The Bertz CT molecular complexity index is 503. The summed E-state index contributed by atoms with van der Waals surface area (Å²) >= 11 is 3.23. The van der Waals surface area contributed by atoms with Crippen LogP contribution in [0.25, 0.3) is 0 Å². The molecule has 0 unspecified atom stereocenters. The zero-order chi connectivity index (χ0) is 14.7. The van der Waals surface area contributed by atoms with Crippen LogP contribution < -0.4 is 5.73 Å². The van der Waals surface area contributed by atoms with Crippen molar-refractivity contribution >= 4 is 27.7 Å². The number of nitrogens with zero attached hydrogens (tertiary/aromatic N) is 2. The molecule has 1 aliphatic rings. The summed E-state index contributed by atoms with van der Waals surface area (Å²) in [6, 6.07) is 3.62. The fourth-order valence-electron chi connectivity index (χ4n) is 2.28. The average molecular weight is 344 g/mol. The number of rotatable bonds is 5. The summed E-state index contributed by atoms with van der Waals surface area (Å²) in [6.07, 6.45) is 0.734. The molecule has 0 aliphatic carbocycles. The van der Waals surface area contributed by atoms with Crippen molar-refractivity contribution in [1.82, 2.24) is 9.80 Å². The molecule has 2 N–H and O–H groups in total. The van der Waals surface area contributed by atoms with Gasteiger partial charge in [-0.1, -0.05) is 0 Å². The van der Waals surface area contributed by atoms with Gasteiger partial charge in [0.1, 0.15) is 5.76 Å². The highest BCUT2D eigenvalue weighted by molar-refractivity contribution is 9.10. The third-order valence-electron chi connectivity index (χ3n) is 3.48. The first-order chi connectivity index (χ1) is 9.45. The molecule has 0 spiro atoms. The number of primary amides is 1. The summed E-state index contributed by atoms with van der Waals surface area (Å²) in [6.45, 7) is 2.04. The molecule has 1 fully saturated rings. The van der Waals surface area contributed by atoms with Crippen LogP contribution in [0, 0.1) is 5.92 Å². The van der Waals surface area contributed by atoms with E-state index in [0.29, 0.717) is 24.3 Å². The minimum atomic E-state index is -0.284. The van der Waals surface area contributed by atoms with Gasteiger partial charge in [0.05, 0.1) is 19.0 Å². The topological polar surface area (TPSA) is 79.8 Å². The van der Waals surface area contributed by atoms with Crippen LogP contribution in [0.3, 0.4) is 0 Å². The van der Waals surface area contributed by atoms with Crippen LogP contribution in [-0.2, 0) is 16.1 Å². The zero-order valence-electron chi connectivity index (χ0n) is 11.3. The molecule has 1 aromatic heterocycles. The summed E-state index contributed by atoms with van der Waals surface area (Å²) in [5, 5.41) is 0. The maximum atomic E-state index is 12.1. The van der Waals surface area contributed by atoms with Crippen molar-refractivity contribution in [3.05, 3.63) is 22.6 Å². The molecule has 6 nitrogen and oxygen atoms in total. The Morgan fingerprint density at radius 3 is 2.85 bits per heavy atom. The lowest BCUT2D eigenvalue weighted by Gasteiger charge is -2.20. The maximum absolute atomic E-state index is 12.1. The molecule has 1 saturated heterocycles. The summed E-state index contributed by atoms with van der Waals surface area (Å²) < 4.78 is 6.02. The summed E-state index contributed by atoms with van der Waals surface area (Å²) in [7, 11) is 1.74. The lowest BCUT2D eigenvalue weighted by atomic mass is 10.1. The van der Waals surface area contributed by atoms with Gasteiger partial charge in [0, 0.05) is 13.6 Å². The van der Waals surface area contributed by atoms with Crippen LogP contribution in [0.15, 0.2) is 21.2 Å². The first kappa shape index (κ1) is 15.1. The molecule has 0 bridgehead atoms. The van der Waals surface area contributed by atoms with Crippen molar-refractivity contribution in [3.8, 4) is 0 Å². The standard InChI is InChI=1S/C13H18BrN3O3/c1-16(7-10-2-3-11(14)20-10)12(18)8-17-5-4-9(6-17)13(15)19/h2-3,9H,4-8H2,1H3,(H2,15,19)/t9-/m0/s1. The maximum Gasteiger partial charge on any atom is 0.236 e. The van der Waals surface area contributed by atoms with E-state index in [9.17, 15) is 9.59 Å². The number of likely N-dealkylation sites (N-methyl/N-ethyl adjacent to an activating group) is 1. The molecule has 0 aromatic carbocycles. The molecule has 2 heterocycles. The third kappa shape index (κ3) is 3.83. The Morgan fingerprint density at radius 1 is 1.55 bits per heavy atom. The van der Waals surface area contributed by atoms with Crippen LogP contribution in [-0.4, -0.2) is 48.3 Å². The van der Waals surface area contributed by atoms with E-state index in [1.807, 2.05) is 11.0 Å². The second-order valence-electron chi connectivity index (χ2n) is 5.08. The number of furan rings is 1. The van der Waals surface area contributed by atoms with Gasteiger partial charge in [-0.15, -0.1) is 0 Å². The second kappa shape index (κ2) is 6.41. The molecule has 0 radical (unpaired) electrons. The molecule has 0 saturated carbocycles. The molecular formula is C13H18BrN3O3. The highest BCUT2D eigenvalue weighted by Crippen LogP contribution is 2.17. The molecular weight excluding hydrogens is 326 g/mol. The van der Waals surface area contributed by atoms with E-state index in [4.69, 9.17) is 10.2 Å². The zero-order valence-corrected chi connectivity index (χ0v) is 12.9. The molecule has 1 aliphatic heterocycles. The smallest absolute Gasteiger partial charge is 0.236 e. The summed E-state index contributed by atoms with van der Waals surface area (Å²) in [5.41, 5.74) is 5.28. The van der Waals surface area contributed by atoms with Crippen molar-refractivity contribution in [2.45, 2.75) is 13.0 Å². The van der Waals surface area contributed by atoms with Gasteiger partial charge < -0.3 is 15.1 Å². The number of nitrogens with two attached hydrogens (primary N) is 1. The third-order valence-corrected chi connectivity index (χ3v) is 3.91. The molecule has 2 rings (SSSR count). The lowest BCUT2D eigenvalue weighted by Crippen LogP contribution is -2.37. The van der Waals surface area contributed by atoms with Crippen molar-refractivity contribution < 1.29 is 14.0 Å². The van der Waals surface area contributed by atoms with Crippen molar-refractivity contribution in [1.29, 1.82) is 0 Å². The van der Waals surface area contributed by atoms with Gasteiger partial charge in [0.15, 0.2) is 4.67 Å². The first-order valence-corrected chi connectivity index (χ1v) is 7.25. The molecule has 7 heteroatoms. The van der Waals surface area contributed by atoms with E-state index in [2.05, 4.69) is 15.9 Å². The highest BCUT2D eigenvalue weighted by Gasteiger charge is 2.28. The SMILES string of the molecule is CN(Cc1ccc(Br)o1)C(=O)CN1CC[C@H](C(N)=O)C1. The van der Waals surface area contributed by atoms with Crippen LogP contribution in [0.4, 0.5) is 0 Å². The number of hydrogen-bond acceptors (Lipinski definition) is 4. The van der Waals surface area contributed by atoms with E-state index in [1.165, 1.54) is 0 Å². The van der Waals surface area contributed by atoms with Gasteiger partial charge in [-0.25, -0.2) is 0 Å². The molecule has 2 amide bonds. The monoisotopic (exact) mass is 343 g/mol. The van der Waals surface area contributed by atoms with Crippen molar-refractivity contribution in [2.75, 3.05) is 26.7 Å². The highest BCUT2D eigenvalue weighted by atomic mass is 79.9. The number of carbonyl (C=O) groups excluding carboxylic acids is 2. The van der Waals surface area contributed by atoms with Gasteiger partial charge in [0.2, 0.25) is 11.8 Å². The summed E-state index contributed by atoms with van der Waals surface area (Å²) in [4.78, 5) is 26.8. The van der Waals surface area contributed by atoms with Gasteiger partial charge in [-0.05, 0) is 41.0 Å². The van der Waals surface area contributed by atoms with Crippen LogP contribution in [0.2, 0.25) is 0 Å². The average Bonchev–Trinajstić information content (AvgIpc) is 2.98. The molecule has 1 aromatic rings. The Kier molecular flexibility index (Phi) is 4.82. The Hall–Kier alpha value is -1.34. The molecule has 20 heavy (non-hydrogen) atoms. The largest absolute Gasteiger partial charge is 0.452 e. The van der Waals surface area contributed by atoms with Crippen molar-refractivity contribution in [3.63, 3.8) is 0 Å². The van der Waals surface area contributed by atoms with Gasteiger partial charge in [0.25, 0.3) is 0 Å². The van der Waals surface area contributed by atoms with E-state index in [0.717, 1.165) is 18.7 Å². The van der Waals surface area contributed by atoms with Gasteiger partial charge in [-0.3, -0.25) is 14.5 Å². The molecule has 1 atom stereocenters. The van der Waals surface area contributed by atoms with E-state index >= 15 is 0 Å². The Balaban J connectivity index is 1.81. The van der Waals surface area contributed by atoms with E-state index in [1.54, 1.807) is 18.0 Å². The van der Waals surface area contributed by atoms with Crippen molar-refractivity contribution in [2.24, 2.45) is 11.7 Å². The fraction of sp³-hybridized carbons (Fsp3) is 0.538. The number of hydrogen-bond donors (Lipinski definition) is 1. The van der Waals surface area contributed by atoms with Gasteiger partial charge >= 0.3 is 0 Å².